The van der Waals surface area contributed by atoms with Gasteiger partial charge in [-0.15, -0.1) is 0 Å². The van der Waals surface area contributed by atoms with Crippen molar-refractivity contribution in [1.82, 2.24) is 9.97 Å². The second-order valence-electron chi connectivity index (χ2n) is 4.90. The maximum Gasteiger partial charge on any atom is 0.159 e. The molecule has 0 amide bonds. The van der Waals surface area contributed by atoms with E-state index in [4.69, 9.17) is 20.4 Å². The number of aryl methyl sites for hydroxylation is 2. The standard InChI is InChI=1S/C17H23N3O/c1-4-15-14(9-10-18)16(5-2)20-17(19-15)12-7-6-8-13(11-12)21-3/h6-8,11H,4-5,9-10,18H2,1-3H3. The molecule has 21 heavy (non-hydrogen) atoms. The third-order valence-corrected chi connectivity index (χ3v) is 3.57. The first-order valence-corrected chi connectivity index (χ1v) is 7.46. The topological polar surface area (TPSA) is 61.0 Å². The molecule has 4 nitrogen and oxygen atoms in total. The highest BCUT2D eigenvalue weighted by Gasteiger charge is 2.13. The van der Waals surface area contributed by atoms with Crippen LogP contribution in [0.3, 0.4) is 0 Å². The summed E-state index contributed by atoms with van der Waals surface area (Å²) in [6.07, 6.45) is 2.62. The first-order valence-electron chi connectivity index (χ1n) is 7.46. The summed E-state index contributed by atoms with van der Waals surface area (Å²) >= 11 is 0. The maximum absolute atomic E-state index is 5.72. The SMILES string of the molecule is CCc1nc(-c2cccc(OC)c2)nc(CC)c1CCN. The first-order chi connectivity index (χ1) is 10.2. The van der Waals surface area contributed by atoms with E-state index in [2.05, 4.69) is 13.8 Å². The fourth-order valence-corrected chi connectivity index (χ4v) is 2.49. The lowest BCUT2D eigenvalue weighted by Crippen LogP contribution is -2.12. The molecule has 1 heterocycles. The van der Waals surface area contributed by atoms with Gasteiger partial charge in [0.25, 0.3) is 0 Å². The number of methoxy groups -OCH3 is 1. The predicted molar refractivity (Wildman–Crippen MR) is 85.5 cm³/mol. The Morgan fingerprint density at radius 3 is 2.29 bits per heavy atom. The monoisotopic (exact) mass is 285 g/mol. The molecule has 0 saturated heterocycles. The molecule has 112 valence electrons. The molecule has 0 radical (unpaired) electrons. The van der Waals surface area contributed by atoms with Crippen LogP contribution < -0.4 is 10.5 Å². The highest BCUT2D eigenvalue weighted by Crippen LogP contribution is 2.24. The predicted octanol–water partition coefficient (Wildman–Crippen LogP) is 2.78. The molecule has 2 N–H and O–H groups in total. The maximum atomic E-state index is 5.72. The largest absolute Gasteiger partial charge is 0.497 e. The van der Waals surface area contributed by atoms with Crippen molar-refractivity contribution in [3.8, 4) is 17.1 Å². The van der Waals surface area contributed by atoms with Crippen LogP contribution in [0.25, 0.3) is 11.4 Å². The molecule has 1 aromatic heterocycles. The van der Waals surface area contributed by atoms with Crippen LogP contribution >= 0.6 is 0 Å². The molecule has 2 aromatic rings. The van der Waals surface area contributed by atoms with E-state index in [1.165, 1.54) is 5.56 Å². The van der Waals surface area contributed by atoms with Crippen molar-refractivity contribution in [2.24, 2.45) is 5.73 Å². The first kappa shape index (κ1) is 15.4. The third kappa shape index (κ3) is 3.39. The molecule has 0 fully saturated rings. The lowest BCUT2D eigenvalue weighted by molar-refractivity contribution is 0.415. The van der Waals surface area contributed by atoms with E-state index in [-0.39, 0.29) is 0 Å². The van der Waals surface area contributed by atoms with E-state index in [9.17, 15) is 0 Å². The quantitative estimate of drug-likeness (QED) is 0.886. The molecule has 0 bridgehead atoms. The molecule has 0 aliphatic heterocycles. The number of hydrogen-bond donors (Lipinski definition) is 1. The minimum Gasteiger partial charge on any atom is -0.497 e. The van der Waals surface area contributed by atoms with Crippen LogP contribution in [0.2, 0.25) is 0 Å². The summed E-state index contributed by atoms with van der Waals surface area (Å²) in [6, 6.07) is 7.87. The van der Waals surface area contributed by atoms with Crippen LogP contribution in [0.5, 0.6) is 5.75 Å². The van der Waals surface area contributed by atoms with E-state index >= 15 is 0 Å². The summed E-state index contributed by atoms with van der Waals surface area (Å²) in [5.74, 6) is 1.58. The normalized spacial score (nSPS) is 10.7. The molecule has 0 aliphatic rings. The molecule has 0 unspecified atom stereocenters. The Kier molecular flexibility index (Phi) is 5.28. The van der Waals surface area contributed by atoms with Gasteiger partial charge in [0.1, 0.15) is 5.75 Å². The average Bonchev–Trinajstić information content (AvgIpc) is 2.55. The Morgan fingerprint density at radius 2 is 1.76 bits per heavy atom. The lowest BCUT2D eigenvalue weighted by Gasteiger charge is -2.13. The van der Waals surface area contributed by atoms with Crippen molar-refractivity contribution in [2.75, 3.05) is 13.7 Å². The van der Waals surface area contributed by atoms with Gasteiger partial charge in [-0.05, 0) is 43.5 Å². The Balaban J connectivity index is 2.53. The van der Waals surface area contributed by atoms with Crippen molar-refractivity contribution in [3.63, 3.8) is 0 Å². The fraction of sp³-hybridized carbons (Fsp3) is 0.412. The third-order valence-electron chi connectivity index (χ3n) is 3.57. The Morgan fingerprint density at radius 1 is 1.10 bits per heavy atom. The van der Waals surface area contributed by atoms with Crippen molar-refractivity contribution in [2.45, 2.75) is 33.1 Å². The van der Waals surface area contributed by atoms with Gasteiger partial charge in [-0.25, -0.2) is 9.97 Å². The van der Waals surface area contributed by atoms with E-state index in [0.717, 1.165) is 47.8 Å². The molecule has 0 saturated carbocycles. The number of nitrogens with two attached hydrogens (primary N) is 1. The average molecular weight is 285 g/mol. The highest BCUT2D eigenvalue weighted by atomic mass is 16.5. The summed E-state index contributed by atoms with van der Waals surface area (Å²) in [4.78, 5) is 9.48. The zero-order valence-corrected chi connectivity index (χ0v) is 13.0. The van der Waals surface area contributed by atoms with Crippen LogP contribution in [-0.4, -0.2) is 23.6 Å². The smallest absolute Gasteiger partial charge is 0.159 e. The van der Waals surface area contributed by atoms with Gasteiger partial charge in [0.05, 0.1) is 7.11 Å². The summed E-state index contributed by atoms with van der Waals surface area (Å²) < 4.78 is 5.28. The molecule has 4 heteroatoms. The number of benzene rings is 1. The minimum absolute atomic E-state index is 0.627. The number of rotatable bonds is 6. The van der Waals surface area contributed by atoms with Gasteiger partial charge >= 0.3 is 0 Å². The highest BCUT2D eigenvalue weighted by molar-refractivity contribution is 5.58. The Bertz CT molecular complexity index is 586. The minimum atomic E-state index is 0.627. The van der Waals surface area contributed by atoms with Gasteiger partial charge in [-0.3, -0.25) is 0 Å². The van der Waals surface area contributed by atoms with E-state index < -0.39 is 0 Å². The van der Waals surface area contributed by atoms with Gasteiger partial charge in [0, 0.05) is 17.0 Å². The molecule has 1 aromatic carbocycles. The van der Waals surface area contributed by atoms with Gasteiger partial charge in [-0.1, -0.05) is 26.0 Å². The van der Waals surface area contributed by atoms with Gasteiger partial charge < -0.3 is 10.5 Å². The van der Waals surface area contributed by atoms with Crippen LogP contribution in [0, 0.1) is 0 Å². The number of ether oxygens (including phenoxy) is 1. The van der Waals surface area contributed by atoms with Gasteiger partial charge in [0.15, 0.2) is 5.82 Å². The second kappa shape index (κ2) is 7.18. The summed E-state index contributed by atoms with van der Waals surface area (Å²) in [6.45, 7) is 4.87. The molecular weight excluding hydrogens is 262 g/mol. The van der Waals surface area contributed by atoms with Crippen LogP contribution in [-0.2, 0) is 19.3 Å². The zero-order valence-electron chi connectivity index (χ0n) is 13.0. The Labute approximate surface area is 126 Å². The molecule has 0 aliphatic carbocycles. The lowest BCUT2D eigenvalue weighted by atomic mass is 10.0. The van der Waals surface area contributed by atoms with Crippen molar-refractivity contribution in [3.05, 3.63) is 41.2 Å². The van der Waals surface area contributed by atoms with Gasteiger partial charge in [-0.2, -0.15) is 0 Å². The molecule has 2 rings (SSSR count). The van der Waals surface area contributed by atoms with Crippen molar-refractivity contribution < 1.29 is 4.74 Å². The summed E-state index contributed by atoms with van der Waals surface area (Å²) in [5, 5.41) is 0. The van der Waals surface area contributed by atoms with Crippen molar-refractivity contribution in [1.29, 1.82) is 0 Å². The molecule has 0 atom stereocenters. The van der Waals surface area contributed by atoms with Crippen LogP contribution in [0.15, 0.2) is 24.3 Å². The van der Waals surface area contributed by atoms with E-state index in [0.29, 0.717) is 6.54 Å². The van der Waals surface area contributed by atoms with Crippen LogP contribution in [0.1, 0.15) is 30.8 Å². The van der Waals surface area contributed by atoms with Gasteiger partial charge in [0.2, 0.25) is 0 Å². The number of hydrogen-bond acceptors (Lipinski definition) is 4. The number of nitrogens with zero attached hydrogens (tertiary/aromatic N) is 2. The van der Waals surface area contributed by atoms with Crippen LogP contribution in [0.4, 0.5) is 0 Å². The van der Waals surface area contributed by atoms with Crippen molar-refractivity contribution >= 4 is 0 Å². The van der Waals surface area contributed by atoms with E-state index in [1.807, 2.05) is 24.3 Å². The molecular formula is C17H23N3O. The van der Waals surface area contributed by atoms with E-state index in [1.54, 1.807) is 7.11 Å². The molecule has 0 spiro atoms. The second-order valence-corrected chi connectivity index (χ2v) is 4.90. The Hall–Kier alpha value is -1.94. The number of aromatic nitrogens is 2. The fourth-order valence-electron chi connectivity index (χ4n) is 2.49. The summed E-state index contributed by atoms with van der Waals surface area (Å²) in [5.41, 5.74) is 10.1. The summed E-state index contributed by atoms with van der Waals surface area (Å²) in [7, 11) is 1.67. The zero-order chi connectivity index (χ0) is 15.2.